The molecule has 0 bridgehead atoms. The fourth-order valence-electron chi connectivity index (χ4n) is 0.987. The van der Waals surface area contributed by atoms with E-state index in [4.69, 9.17) is 9.84 Å². The standard InChI is InChI=1S/C11H22N2O3/c1-9(14)12-7-5-6-8-13-10(15)16-11(2,3)4/h12,14H,1,5-8H2,2-4H3,(H,13,15). The summed E-state index contributed by atoms with van der Waals surface area (Å²) in [4.78, 5) is 11.2. The minimum absolute atomic E-state index is 0.0277. The Hall–Kier alpha value is -1.39. The van der Waals surface area contributed by atoms with Gasteiger partial charge >= 0.3 is 6.09 Å². The normalized spacial score (nSPS) is 10.7. The van der Waals surface area contributed by atoms with Gasteiger partial charge in [0.25, 0.3) is 0 Å². The van der Waals surface area contributed by atoms with Crippen LogP contribution in [0.25, 0.3) is 0 Å². The number of nitrogens with one attached hydrogen (secondary N) is 2. The van der Waals surface area contributed by atoms with E-state index >= 15 is 0 Å². The Morgan fingerprint density at radius 1 is 1.25 bits per heavy atom. The summed E-state index contributed by atoms with van der Waals surface area (Å²) in [7, 11) is 0. The molecule has 0 aromatic rings. The zero-order valence-corrected chi connectivity index (χ0v) is 10.3. The van der Waals surface area contributed by atoms with Crippen molar-refractivity contribution in [2.45, 2.75) is 39.2 Å². The molecule has 0 heterocycles. The highest BCUT2D eigenvalue weighted by Gasteiger charge is 2.15. The van der Waals surface area contributed by atoms with Crippen molar-refractivity contribution in [1.29, 1.82) is 0 Å². The SMILES string of the molecule is C=C(O)NCCCCNC(=O)OC(C)(C)C. The summed E-state index contributed by atoms with van der Waals surface area (Å²) in [5.74, 6) is -0.0277. The largest absolute Gasteiger partial charge is 0.495 e. The predicted octanol–water partition coefficient (Wildman–Crippen LogP) is 1.91. The first-order valence-corrected chi connectivity index (χ1v) is 5.40. The number of aliphatic hydroxyl groups excluding tert-OH is 1. The van der Waals surface area contributed by atoms with Crippen LogP contribution in [0.15, 0.2) is 12.5 Å². The predicted molar refractivity (Wildman–Crippen MR) is 63.2 cm³/mol. The van der Waals surface area contributed by atoms with E-state index in [0.29, 0.717) is 13.1 Å². The fraction of sp³-hybridized carbons (Fsp3) is 0.727. The van der Waals surface area contributed by atoms with E-state index in [2.05, 4.69) is 17.2 Å². The van der Waals surface area contributed by atoms with Crippen LogP contribution >= 0.6 is 0 Å². The van der Waals surface area contributed by atoms with Crippen LogP contribution in [0, 0.1) is 0 Å². The molecule has 16 heavy (non-hydrogen) atoms. The maximum Gasteiger partial charge on any atom is 0.407 e. The Bertz CT molecular complexity index is 234. The van der Waals surface area contributed by atoms with Crippen molar-refractivity contribution in [1.82, 2.24) is 10.6 Å². The van der Waals surface area contributed by atoms with Crippen molar-refractivity contribution < 1.29 is 14.6 Å². The van der Waals surface area contributed by atoms with Gasteiger partial charge in [0, 0.05) is 13.1 Å². The molecule has 94 valence electrons. The molecule has 3 N–H and O–H groups in total. The first-order valence-electron chi connectivity index (χ1n) is 5.40. The van der Waals surface area contributed by atoms with Crippen molar-refractivity contribution >= 4 is 6.09 Å². The maximum absolute atomic E-state index is 11.2. The van der Waals surface area contributed by atoms with Crippen molar-refractivity contribution in [3.63, 3.8) is 0 Å². The molecule has 5 heteroatoms. The molecule has 5 nitrogen and oxygen atoms in total. The quantitative estimate of drug-likeness (QED) is 0.481. The number of unbranched alkanes of at least 4 members (excludes halogenated alkanes) is 1. The average Bonchev–Trinajstić information content (AvgIpc) is 2.07. The summed E-state index contributed by atoms with van der Waals surface area (Å²) < 4.78 is 5.06. The van der Waals surface area contributed by atoms with Gasteiger partial charge in [-0.1, -0.05) is 0 Å². The summed E-state index contributed by atoms with van der Waals surface area (Å²) in [6, 6.07) is 0. The van der Waals surface area contributed by atoms with Gasteiger partial charge < -0.3 is 20.5 Å². The van der Waals surface area contributed by atoms with Crippen molar-refractivity contribution in [2.75, 3.05) is 13.1 Å². The summed E-state index contributed by atoms with van der Waals surface area (Å²) in [5, 5.41) is 14.1. The molecule has 0 aliphatic rings. The molecule has 0 aliphatic carbocycles. The molecule has 0 spiro atoms. The second-order valence-corrected chi connectivity index (χ2v) is 4.51. The zero-order chi connectivity index (χ0) is 12.6. The van der Waals surface area contributed by atoms with E-state index < -0.39 is 11.7 Å². The Morgan fingerprint density at radius 2 is 1.75 bits per heavy atom. The van der Waals surface area contributed by atoms with E-state index in [1.54, 1.807) is 0 Å². The number of rotatable bonds is 6. The Kier molecular flexibility index (Phi) is 6.37. The molecule has 0 aromatic carbocycles. The van der Waals surface area contributed by atoms with Gasteiger partial charge in [-0.15, -0.1) is 0 Å². The third-order valence-corrected chi connectivity index (χ3v) is 1.60. The summed E-state index contributed by atoms with van der Waals surface area (Å²) in [5.41, 5.74) is -0.458. The number of alkyl carbamates (subject to hydrolysis) is 1. The molecule has 0 unspecified atom stereocenters. The van der Waals surface area contributed by atoms with Gasteiger partial charge in [-0.3, -0.25) is 0 Å². The summed E-state index contributed by atoms with van der Waals surface area (Å²) in [6.45, 7) is 9.97. The fourth-order valence-corrected chi connectivity index (χ4v) is 0.987. The van der Waals surface area contributed by atoms with Crippen molar-refractivity contribution in [3.8, 4) is 0 Å². The van der Waals surface area contributed by atoms with Crippen LogP contribution in [0.5, 0.6) is 0 Å². The minimum atomic E-state index is -0.458. The highest BCUT2D eigenvalue weighted by atomic mass is 16.6. The number of ether oxygens (including phenoxy) is 1. The lowest BCUT2D eigenvalue weighted by molar-refractivity contribution is 0.0527. The van der Waals surface area contributed by atoms with Crippen molar-refractivity contribution in [3.05, 3.63) is 12.5 Å². The Morgan fingerprint density at radius 3 is 2.19 bits per heavy atom. The molecule has 0 aromatic heterocycles. The van der Waals surface area contributed by atoms with E-state index in [1.807, 2.05) is 20.8 Å². The van der Waals surface area contributed by atoms with Crippen LogP contribution in [0.4, 0.5) is 4.79 Å². The number of hydrogen-bond donors (Lipinski definition) is 3. The van der Waals surface area contributed by atoms with Gasteiger partial charge in [0.2, 0.25) is 0 Å². The molecule has 0 radical (unpaired) electrons. The molecule has 0 saturated carbocycles. The summed E-state index contributed by atoms with van der Waals surface area (Å²) >= 11 is 0. The molecule has 0 aliphatic heterocycles. The number of carbonyl (C=O) groups excluding carboxylic acids is 1. The Balaban J connectivity index is 3.38. The lowest BCUT2D eigenvalue weighted by Gasteiger charge is -2.19. The molecule has 0 atom stereocenters. The summed E-state index contributed by atoms with van der Waals surface area (Å²) in [6.07, 6.45) is 1.27. The van der Waals surface area contributed by atoms with Crippen LogP contribution in [-0.4, -0.2) is 29.9 Å². The van der Waals surface area contributed by atoms with Gasteiger partial charge in [-0.2, -0.15) is 0 Å². The second-order valence-electron chi connectivity index (χ2n) is 4.51. The zero-order valence-electron chi connectivity index (χ0n) is 10.3. The van der Waals surface area contributed by atoms with Crippen molar-refractivity contribution in [2.24, 2.45) is 0 Å². The van der Waals surface area contributed by atoms with Gasteiger partial charge in [0.1, 0.15) is 5.60 Å². The van der Waals surface area contributed by atoms with E-state index in [9.17, 15) is 4.79 Å². The molecular weight excluding hydrogens is 208 g/mol. The van der Waals surface area contributed by atoms with E-state index in [1.165, 1.54) is 0 Å². The molecule has 0 fully saturated rings. The average molecular weight is 230 g/mol. The van der Waals surface area contributed by atoms with Gasteiger partial charge in [0.15, 0.2) is 5.88 Å². The van der Waals surface area contributed by atoms with Crippen LogP contribution in [-0.2, 0) is 4.74 Å². The number of hydrogen-bond acceptors (Lipinski definition) is 4. The lowest BCUT2D eigenvalue weighted by atomic mass is 10.2. The molecule has 1 amide bonds. The Labute approximate surface area is 96.9 Å². The minimum Gasteiger partial charge on any atom is -0.495 e. The van der Waals surface area contributed by atoms with E-state index in [-0.39, 0.29) is 5.88 Å². The lowest BCUT2D eigenvalue weighted by Crippen LogP contribution is -2.33. The number of amides is 1. The first kappa shape index (κ1) is 14.6. The third kappa shape index (κ3) is 10.7. The number of aliphatic hydroxyl groups is 1. The van der Waals surface area contributed by atoms with Crippen LogP contribution < -0.4 is 10.6 Å². The van der Waals surface area contributed by atoms with Gasteiger partial charge in [0.05, 0.1) is 0 Å². The molecule has 0 rings (SSSR count). The third-order valence-electron chi connectivity index (χ3n) is 1.60. The molecule has 0 saturated heterocycles. The van der Waals surface area contributed by atoms with Crippen LogP contribution in [0.1, 0.15) is 33.6 Å². The monoisotopic (exact) mass is 230 g/mol. The smallest absolute Gasteiger partial charge is 0.407 e. The second kappa shape index (κ2) is 6.98. The highest BCUT2D eigenvalue weighted by Crippen LogP contribution is 2.06. The van der Waals surface area contributed by atoms with Gasteiger partial charge in [-0.25, -0.2) is 4.79 Å². The molecular formula is C11H22N2O3. The maximum atomic E-state index is 11.2. The van der Waals surface area contributed by atoms with Crippen LogP contribution in [0.2, 0.25) is 0 Å². The topological polar surface area (TPSA) is 70.6 Å². The van der Waals surface area contributed by atoms with Crippen LogP contribution in [0.3, 0.4) is 0 Å². The number of carbonyl (C=O) groups is 1. The van der Waals surface area contributed by atoms with E-state index in [0.717, 1.165) is 12.8 Å². The highest BCUT2D eigenvalue weighted by molar-refractivity contribution is 5.67. The first-order chi connectivity index (χ1) is 7.31. The van der Waals surface area contributed by atoms with Gasteiger partial charge in [-0.05, 0) is 40.2 Å².